The Kier molecular flexibility index (Phi) is 9.98. The predicted molar refractivity (Wildman–Crippen MR) is 146 cm³/mol. The molecule has 0 spiro atoms. The number of alkyl carbamates (subject to hydrolysis) is 1. The summed E-state index contributed by atoms with van der Waals surface area (Å²) in [5.74, 6) is -1.11. The van der Waals surface area contributed by atoms with Gasteiger partial charge in [0.2, 0.25) is 5.91 Å². The highest BCUT2D eigenvalue weighted by molar-refractivity contribution is 6.34. The zero-order valence-electron chi connectivity index (χ0n) is 22.8. The van der Waals surface area contributed by atoms with Gasteiger partial charge in [0.1, 0.15) is 23.4 Å². The molecule has 0 saturated carbocycles. The lowest BCUT2D eigenvalue weighted by atomic mass is 9.95. The third-order valence-electron chi connectivity index (χ3n) is 6.14. The first-order valence-electron chi connectivity index (χ1n) is 12.3. The molecule has 0 bridgehead atoms. The van der Waals surface area contributed by atoms with Gasteiger partial charge in [0, 0.05) is 7.05 Å². The van der Waals surface area contributed by atoms with Gasteiger partial charge < -0.3 is 25.4 Å². The number of nitrogens with zero attached hydrogens (tertiary/aromatic N) is 1. The summed E-state index contributed by atoms with van der Waals surface area (Å²) >= 11 is 6.34. The molecule has 0 aliphatic heterocycles. The highest BCUT2D eigenvalue weighted by atomic mass is 35.5. The van der Waals surface area contributed by atoms with Crippen LogP contribution in [0.4, 0.5) is 10.5 Å². The fourth-order valence-corrected chi connectivity index (χ4v) is 4.11. The van der Waals surface area contributed by atoms with Crippen molar-refractivity contribution < 1.29 is 24.2 Å². The summed E-state index contributed by atoms with van der Waals surface area (Å²) in [6, 6.07) is 7.99. The minimum atomic E-state index is -1.07. The first-order valence-corrected chi connectivity index (χ1v) is 12.7. The Morgan fingerprint density at radius 3 is 2.30 bits per heavy atom. The van der Waals surface area contributed by atoms with Gasteiger partial charge >= 0.3 is 6.09 Å². The number of aryl methyl sites for hydroxylation is 2. The Morgan fingerprint density at radius 1 is 1.11 bits per heavy atom. The smallest absolute Gasteiger partial charge is 0.408 e. The number of phenolic OH excluding ortho intramolecular Hbond substituents is 1. The molecule has 3 unspecified atom stereocenters. The lowest BCUT2D eigenvalue weighted by Crippen LogP contribution is -2.53. The molecule has 0 saturated heterocycles. The molecule has 3 amide bonds. The van der Waals surface area contributed by atoms with Crippen LogP contribution in [0, 0.1) is 19.8 Å². The Labute approximate surface area is 224 Å². The number of benzene rings is 2. The summed E-state index contributed by atoms with van der Waals surface area (Å²) in [6.45, 7) is 12.5. The maximum Gasteiger partial charge on any atom is 0.408 e. The monoisotopic (exact) mass is 531 g/mol. The number of rotatable bonds is 8. The van der Waals surface area contributed by atoms with Crippen molar-refractivity contribution in [2.45, 2.75) is 72.6 Å². The molecule has 9 heteroatoms. The average molecular weight is 532 g/mol. The van der Waals surface area contributed by atoms with Crippen LogP contribution >= 0.6 is 11.6 Å². The number of hydrogen-bond donors (Lipinski definition) is 3. The fourth-order valence-electron chi connectivity index (χ4n) is 3.85. The van der Waals surface area contributed by atoms with Gasteiger partial charge in [-0.1, -0.05) is 50.1 Å². The number of carbonyl (C=O) groups is 3. The molecule has 202 valence electrons. The van der Waals surface area contributed by atoms with Crippen LogP contribution in [0.3, 0.4) is 0 Å². The van der Waals surface area contributed by atoms with Crippen molar-refractivity contribution in [3.8, 4) is 5.75 Å². The number of amides is 3. The molecule has 0 aromatic heterocycles. The normalized spacial score (nSPS) is 13.8. The molecule has 37 heavy (non-hydrogen) atoms. The van der Waals surface area contributed by atoms with E-state index in [0.717, 1.165) is 5.56 Å². The van der Waals surface area contributed by atoms with Crippen molar-refractivity contribution in [3.05, 3.63) is 58.1 Å². The fraction of sp³-hybridized carbons (Fsp3) is 0.464. The van der Waals surface area contributed by atoms with E-state index in [4.69, 9.17) is 16.3 Å². The van der Waals surface area contributed by atoms with Gasteiger partial charge in [0.05, 0.1) is 10.7 Å². The Morgan fingerprint density at radius 2 is 1.76 bits per heavy atom. The summed E-state index contributed by atoms with van der Waals surface area (Å²) in [5.41, 5.74) is 1.52. The molecule has 8 nitrogen and oxygen atoms in total. The van der Waals surface area contributed by atoms with Crippen LogP contribution in [0.1, 0.15) is 63.8 Å². The standard InChI is InChI=1S/C28H38ClN3O5/c1-9-16(2)23(31-27(36)37-28(5,6)7)26(35)32(8)24(19-13-14-21(33)18(4)15-19)25(34)30-22-17(3)11-10-12-20(22)29/h10-16,23-24,33H,9H2,1-8H3,(H,30,34)(H,31,36). The van der Waals surface area contributed by atoms with Crippen molar-refractivity contribution >= 4 is 35.2 Å². The topological polar surface area (TPSA) is 108 Å². The van der Waals surface area contributed by atoms with E-state index in [1.807, 2.05) is 26.8 Å². The summed E-state index contributed by atoms with van der Waals surface area (Å²) in [6.07, 6.45) is -0.110. The number of ether oxygens (including phenoxy) is 1. The second-order valence-electron chi connectivity index (χ2n) is 10.3. The van der Waals surface area contributed by atoms with Gasteiger partial charge in [-0.3, -0.25) is 9.59 Å². The molecule has 2 rings (SSSR count). The average Bonchev–Trinajstić information content (AvgIpc) is 2.80. The van der Waals surface area contributed by atoms with E-state index in [1.165, 1.54) is 18.0 Å². The van der Waals surface area contributed by atoms with Crippen molar-refractivity contribution in [2.75, 3.05) is 12.4 Å². The van der Waals surface area contributed by atoms with E-state index in [1.54, 1.807) is 52.0 Å². The van der Waals surface area contributed by atoms with Gasteiger partial charge in [-0.2, -0.15) is 0 Å². The van der Waals surface area contributed by atoms with Crippen LogP contribution in [0.2, 0.25) is 5.02 Å². The molecule has 0 radical (unpaired) electrons. The molecular weight excluding hydrogens is 494 g/mol. The van der Waals surface area contributed by atoms with E-state index in [0.29, 0.717) is 28.3 Å². The highest BCUT2D eigenvalue weighted by Gasteiger charge is 2.36. The molecule has 0 aliphatic carbocycles. The van der Waals surface area contributed by atoms with Crippen LogP contribution in [-0.2, 0) is 14.3 Å². The Hall–Kier alpha value is -3.26. The Bertz CT molecular complexity index is 1120. The van der Waals surface area contributed by atoms with E-state index >= 15 is 0 Å². The van der Waals surface area contributed by atoms with Crippen molar-refractivity contribution in [2.24, 2.45) is 5.92 Å². The molecule has 0 fully saturated rings. The number of likely N-dealkylation sites (N-methyl/N-ethyl adjacent to an activating group) is 1. The van der Waals surface area contributed by atoms with E-state index in [-0.39, 0.29) is 11.7 Å². The van der Waals surface area contributed by atoms with E-state index in [2.05, 4.69) is 10.6 Å². The number of aromatic hydroxyl groups is 1. The second-order valence-corrected chi connectivity index (χ2v) is 10.7. The van der Waals surface area contributed by atoms with Gasteiger partial charge in [-0.15, -0.1) is 0 Å². The molecule has 2 aromatic carbocycles. The molecule has 0 aliphatic rings. The minimum Gasteiger partial charge on any atom is -0.508 e. The lowest BCUT2D eigenvalue weighted by molar-refractivity contribution is -0.140. The third kappa shape index (κ3) is 7.86. The molecule has 2 aromatic rings. The number of nitrogens with one attached hydrogen (secondary N) is 2. The summed E-state index contributed by atoms with van der Waals surface area (Å²) < 4.78 is 5.38. The van der Waals surface area contributed by atoms with Crippen LogP contribution in [0.25, 0.3) is 0 Å². The van der Waals surface area contributed by atoms with Crippen LogP contribution < -0.4 is 10.6 Å². The van der Waals surface area contributed by atoms with Crippen molar-refractivity contribution in [1.29, 1.82) is 0 Å². The van der Waals surface area contributed by atoms with Crippen LogP contribution in [0.15, 0.2) is 36.4 Å². The molecular formula is C28H38ClN3O5. The lowest BCUT2D eigenvalue weighted by Gasteiger charge is -2.33. The summed E-state index contributed by atoms with van der Waals surface area (Å²) in [7, 11) is 1.51. The van der Waals surface area contributed by atoms with Gasteiger partial charge in [0.15, 0.2) is 0 Å². The number of phenols is 1. The molecule has 3 N–H and O–H groups in total. The minimum absolute atomic E-state index is 0.0721. The SMILES string of the molecule is CCC(C)C(NC(=O)OC(C)(C)C)C(=O)N(C)C(C(=O)Nc1c(C)cccc1Cl)c1ccc(O)c(C)c1. The van der Waals surface area contributed by atoms with Crippen LogP contribution in [0.5, 0.6) is 5.75 Å². The molecule has 0 heterocycles. The van der Waals surface area contributed by atoms with Crippen molar-refractivity contribution in [1.82, 2.24) is 10.2 Å². The maximum absolute atomic E-state index is 13.8. The first kappa shape index (κ1) is 30.0. The van der Waals surface area contributed by atoms with Gasteiger partial charge in [0.25, 0.3) is 5.91 Å². The number of hydrogen-bond acceptors (Lipinski definition) is 5. The maximum atomic E-state index is 13.8. The number of para-hydroxylation sites is 1. The van der Waals surface area contributed by atoms with Crippen LogP contribution in [-0.4, -0.2) is 46.6 Å². The highest BCUT2D eigenvalue weighted by Crippen LogP contribution is 2.31. The second kappa shape index (κ2) is 12.3. The summed E-state index contributed by atoms with van der Waals surface area (Å²) in [5, 5.41) is 16.0. The quantitative estimate of drug-likeness (QED) is 0.402. The Balaban J connectivity index is 2.48. The molecule has 3 atom stereocenters. The largest absolute Gasteiger partial charge is 0.508 e. The zero-order valence-corrected chi connectivity index (χ0v) is 23.6. The van der Waals surface area contributed by atoms with E-state index in [9.17, 15) is 19.5 Å². The first-order chi connectivity index (χ1) is 17.2. The number of halogens is 1. The van der Waals surface area contributed by atoms with Crippen molar-refractivity contribution in [3.63, 3.8) is 0 Å². The predicted octanol–water partition coefficient (Wildman–Crippen LogP) is 5.74. The number of anilines is 1. The van der Waals surface area contributed by atoms with Gasteiger partial charge in [-0.25, -0.2) is 4.79 Å². The van der Waals surface area contributed by atoms with Gasteiger partial charge in [-0.05, 0) is 75.4 Å². The van der Waals surface area contributed by atoms with E-state index < -0.39 is 35.6 Å². The zero-order chi connectivity index (χ0) is 28.1. The number of carbonyl (C=O) groups excluding carboxylic acids is 3. The summed E-state index contributed by atoms with van der Waals surface area (Å²) in [4.78, 5) is 41.4. The third-order valence-corrected chi connectivity index (χ3v) is 6.46.